The number of ether oxygens (including phenoxy) is 1. The molecule has 1 aliphatic rings. The van der Waals surface area contributed by atoms with Gasteiger partial charge in [-0.15, -0.1) is 0 Å². The number of benzene rings is 2. The predicted molar refractivity (Wildman–Crippen MR) is 126 cm³/mol. The maximum absolute atomic E-state index is 14.5. The van der Waals surface area contributed by atoms with E-state index in [1.54, 1.807) is 44.2 Å². The molecule has 1 saturated heterocycles. The maximum atomic E-state index is 14.5. The third kappa shape index (κ3) is 5.53. The first-order valence-electron chi connectivity index (χ1n) is 11.6. The van der Waals surface area contributed by atoms with Gasteiger partial charge in [-0.05, 0) is 49.6 Å². The monoisotopic (exact) mass is 524 g/mol. The fourth-order valence-corrected chi connectivity index (χ4v) is 4.78. The van der Waals surface area contributed by atoms with Crippen LogP contribution in [0.1, 0.15) is 46.7 Å². The quantitative estimate of drug-likeness (QED) is 0.352. The molecular formula is C27H26F6N2O2. The summed E-state index contributed by atoms with van der Waals surface area (Å²) < 4.78 is 89.5. The lowest BCUT2D eigenvalue weighted by atomic mass is 9.98. The van der Waals surface area contributed by atoms with E-state index in [0.717, 1.165) is 28.8 Å². The molecule has 37 heavy (non-hydrogen) atoms. The number of hydrogen-bond acceptors (Lipinski definition) is 2. The Morgan fingerprint density at radius 1 is 0.946 bits per heavy atom. The van der Waals surface area contributed by atoms with Crippen LogP contribution in [0.5, 0.6) is 0 Å². The average molecular weight is 525 g/mol. The summed E-state index contributed by atoms with van der Waals surface area (Å²) in [4.78, 5) is 15.4. The van der Waals surface area contributed by atoms with Crippen LogP contribution in [-0.2, 0) is 23.6 Å². The van der Waals surface area contributed by atoms with E-state index in [9.17, 15) is 31.1 Å². The number of carbonyl (C=O) groups excluding carboxylic acids is 1. The summed E-state index contributed by atoms with van der Waals surface area (Å²) in [6, 6.07) is 12.2. The van der Waals surface area contributed by atoms with Crippen molar-refractivity contribution in [3.8, 4) is 11.1 Å². The van der Waals surface area contributed by atoms with Gasteiger partial charge in [0.05, 0.1) is 17.8 Å². The zero-order chi connectivity index (χ0) is 27.2. The van der Waals surface area contributed by atoms with Crippen molar-refractivity contribution in [3.05, 3.63) is 82.7 Å². The molecular weight excluding hydrogens is 498 g/mol. The largest absolute Gasteiger partial charge is 0.431 e. The Morgan fingerprint density at radius 2 is 1.57 bits per heavy atom. The highest BCUT2D eigenvalue weighted by atomic mass is 19.4. The van der Waals surface area contributed by atoms with E-state index in [-0.39, 0.29) is 48.6 Å². The second kappa shape index (κ2) is 9.55. The molecule has 0 radical (unpaired) electrons. The van der Waals surface area contributed by atoms with Crippen molar-refractivity contribution >= 4 is 5.91 Å². The SMILES string of the molecule is Cc1c(-c2ccc(C(F)(F)F)cc2)c(C(=O)N2CCOC(C)(C)C2)n(Cc2ccccc2)c1C(F)(F)F. The zero-order valence-electron chi connectivity index (χ0n) is 20.5. The number of morpholine rings is 1. The Hall–Kier alpha value is -3.27. The molecule has 0 saturated carbocycles. The van der Waals surface area contributed by atoms with Crippen molar-refractivity contribution in [2.75, 3.05) is 19.7 Å². The average Bonchev–Trinajstić information content (AvgIpc) is 3.09. The maximum Gasteiger partial charge on any atom is 0.431 e. The molecule has 0 N–H and O–H groups in total. The van der Waals surface area contributed by atoms with Crippen LogP contribution in [0.4, 0.5) is 26.3 Å². The number of hydrogen-bond donors (Lipinski definition) is 0. The van der Waals surface area contributed by atoms with Gasteiger partial charge < -0.3 is 14.2 Å². The van der Waals surface area contributed by atoms with E-state index in [0.29, 0.717) is 5.56 Å². The van der Waals surface area contributed by atoms with Crippen molar-refractivity contribution in [1.29, 1.82) is 0 Å². The summed E-state index contributed by atoms with van der Waals surface area (Å²) in [6.45, 7) is 5.08. The molecule has 0 spiro atoms. The van der Waals surface area contributed by atoms with E-state index < -0.39 is 35.1 Å². The van der Waals surface area contributed by atoms with Crippen LogP contribution in [0, 0.1) is 6.92 Å². The van der Waals surface area contributed by atoms with Gasteiger partial charge in [0.15, 0.2) is 0 Å². The molecule has 4 rings (SSSR count). The van der Waals surface area contributed by atoms with Gasteiger partial charge in [0.25, 0.3) is 5.91 Å². The molecule has 198 valence electrons. The molecule has 0 bridgehead atoms. The van der Waals surface area contributed by atoms with Crippen LogP contribution in [0.3, 0.4) is 0 Å². The highest BCUT2D eigenvalue weighted by molar-refractivity contribution is 6.01. The van der Waals surface area contributed by atoms with Gasteiger partial charge in [-0.1, -0.05) is 42.5 Å². The second-order valence-corrected chi connectivity index (χ2v) is 9.68. The number of halogens is 6. The lowest BCUT2D eigenvalue weighted by Crippen LogP contribution is -2.51. The van der Waals surface area contributed by atoms with E-state index in [1.807, 2.05) is 0 Å². The number of nitrogens with zero attached hydrogens (tertiary/aromatic N) is 2. The first-order valence-corrected chi connectivity index (χ1v) is 11.6. The third-order valence-electron chi connectivity index (χ3n) is 6.38. The molecule has 1 fully saturated rings. The third-order valence-corrected chi connectivity index (χ3v) is 6.38. The number of alkyl halides is 6. The van der Waals surface area contributed by atoms with Crippen molar-refractivity contribution < 1.29 is 35.9 Å². The van der Waals surface area contributed by atoms with Crippen LogP contribution in [0.25, 0.3) is 11.1 Å². The Morgan fingerprint density at radius 3 is 2.11 bits per heavy atom. The molecule has 0 unspecified atom stereocenters. The van der Waals surface area contributed by atoms with E-state index >= 15 is 0 Å². The zero-order valence-corrected chi connectivity index (χ0v) is 20.5. The van der Waals surface area contributed by atoms with E-state index in [2.05, 4.69) is 0 Å². The lowest BCUT2D eigenvalue weighted by molar-refractivity contribution is -0.144. The summed E-state index contributed by atoms with van der Waals surface area (Å²) in [5.74, 6) is -0.638. The number of carbonyl (C=O) groups is 1. The minimum absolute atomic E-state index is 0.0359. The molecule has 2 aromatic carbocycles. The second-order valence-electron chi connectivity index (χ2n) is 9.68. The van der Waals surface area contributed by atoms with Crippen LogP contribution < -0.4 is 0 Å². The topological polar surface area (TPSA) is 34.5 Å². The molecule has 10 heteroatoms. The molecule has 1 aromatic heterocycles. The minimum Gasteiger partial charge on any atom is -0.372 e. The standard InChI is InChI=1S/C27H26F6N2O2/c1-17-21(19-9-11-20(12-10-19)26(28,29)30)22(24(36)34-13-14-37-25(2,3)16-34)35(23(17)27(31,32)33)15-18-7-5-4-6-8-18/h4-12H,13-16H2,1-3H3. The normalized spacial score (nSPS) is 16.2. The van der Waals surface area contributed by atoms with Gasteiger partial charge in [0.2, 0.25) is 0 Å². The first kappa shape index (κ1) is 26.8. The Kier molecular flexibility index (Phi) is 6.92. The minimum atomic E-state index is -4.82. The predicted octanol–water partition coefficient (Wildman–Crippen LogP) is 6.80. The molecule has 4 nitrogen and oxygen atoms in total. The highest BCUT2D eigenvalue weighted by Gasteiger charge is 2.43. The smallest absolute Gasteiger partial charge is 0.372 e. The Labute approximate surface area is 210 Å². The highest BCUT2D eigenvalue weighted by Crippen LogP contribution is 2.42. The van der Waals surface area contributed by atoms with Gasteiger partial charge in [0.1, 0.15) is 11.4 Å². The summed E-state index contributed by atoms with van der Waals surface area (Å²) in [5.41, 5.74) is -2.49. The van der Waals surface area contributed by atoms with E-state index in [4.69, 9.17) is 4.74 Å². The summed E-state index contributed by atoms with van der Waals surface area (Å²) in [7, 11) is 0. The van der Waals surface area contributed by atoms with Gasteiger partial charge in [-0.25, -0.2) is 0 Å². The van der Waals surface area contributed by atoms with Gasteiger partial charge in [-0.2, -0.15) is 26.3 Å². The Bertz CT molecular complexity index is 1280. The van der Waals surface area contributed by atoms with Crippen molar-refractivity contribution in [3.63, 3.8) is 0 Å². The molecule has 1 aliphatic heterocycles. The molecule has 1 amide bonds. The van der Waals surface area contributed by atoms with E-state index in [1.165, 1.54) is 11.8 Å². The van der Waals surface area contributed by atoms with Crippen LogP contribution in [0.2, 0.25) is 0 Å². The fraction of sp³-hybridized carbons (Fsp3) is 0.370. The van der Waals surface area contributed by atoms with Crippen molar-refractivity contribution in [2.45, 2.75) is 45.3 Å². The van der Waals surface area contributed by atoms with Crippen LogP contribution in [0.15, 0.2) is 54.6 Å². The van der Waals surface area contributed by atoms with Gasteiger partial charge >= 0.3 is 12.4 Å². The number of aromatic nitrogens is 1. The van der Waals surface area contributed by atoms with Gasteiger partial charge in [-0.3, -0.25) is 4.79 Å². The Balaban J connectivity index is 1.96. The van der Waals surface area contributed by atoms with Crippen LogP contribution in [-0.4, -0.2) is 40.7 Å². The summed E-state index contributed by atoms with van der Waals surface area (Å²) in [6.07, 6.45) is -9.43. The molecule has 0 atom stereocenters. The van der Waals surface area contributed by atoms with Crippen molar-refractivity contribution in [2.24, 2.45) is 0 Å². The van der Waals surface area contributed by atoms with Crippen LogP contribution >= 0.6 is 0 Å². The number of amides is 1. The molecule has 3 aromatic rings. The fourth-order valence-electron chi connectivity index (χ4n) is 4.78. The lowest BCUT2D eigenvalue weighted by Gasteiger charge is -2.38. The summed E-state index contributed by atoms with van der Waals surface area (Å²) >= 11 is 0. The first-order chi connectivity index (χ1) is 17.2. The van der Waals surface area contributed by atoms with Gasteiger partial charge in [0, 0.05) is 25.2 Å². The summed E-state index contributed by atoms with van der Waals surface area (Å²) in [5, 5.41) is 0. The molecule has 2 heterocycles. The molecule has 0 aliphatic carbocycles. The number of rotatable bonds is 4. The van der Waals surface area contributed by atoms with Crippen molar-refractivity contribution in [1.82, 2.24) is 9.47 Å².